The van der Waals surface area contributed by atoms with Crippen molar-refractivity contribution in [2.75, 3.05) is 18.7 Å². The summed E-state index contributed by atoms with van der Waals surface area (Å²) in [5.41, 5.74) is 1.50. The second-order valence-corrected chi connectivity index (χ2v) is 6.09. The van der Waals surface area contributed by atoms with Crippen molar-refractivity contribution in [3.05, 3.63) is 65.9 Å². The molecule has 146 valence electrons. The maximum absolute atomic E-state index is 12.1. The van der Waals surface area contributed by atoms with Gasteiger partial charge in [-0.05, 0) is 36.4 Å². The maximum atomic E-state index is 12.1. The van der Waals surface area contributed by atoms with E-state index in [4.69, 9.17) is 18.6 Å². The molecule has 0 radical (unpaired) electrons. The van der Waals surface area contributed by atoms with Crippen LogP contribution in [0.3, 0.4) is 0 Å². The third kappa shape index (κ3) is 4.11. The van der Waals surface area contributed by atoms with Gasteiger partial charge in [0.15, 0.2) is 30.2 Å². The molecule has 1 aromatic heterocycles. The first kappa shape index (κ1) is 18.3. The van der Waals surface area contributed by atoms with Crippen molar-refractivity contribution in [2.24, 2.45) is 0 Å². The maximum Gasteiger partial charge on any atom is 0.338 e. The Bertz CT molecular complexity index is 1070. The Morgan fingerprint density at radius 1 is 1.00 bits per heavy atom. The first-order chi connectivity index (χ1) is 14.1. The standard InChI is InChI=1S/C21H15NO7/c23-10-16-6-8-17(29-16)13-1-3-14(4-2-13)21(25)26-11-20(24)22-15-5-7-18-19(9-15)28-12-27-18/h1-10H,11-12H2,(H,22,24). The molecule has 2 heterocycles. The molecule has 0 bridgehead atoms. The van der Waals surface area contributed by atoms with Crippen molar-refractivity contribution in [2.45, 2.75) is 0 Å². The molecule has 3 aromatic rings. The fourth-order valence-electron chi connectivity index (χ4n) is 2.73. The van der Waals surface area contributed by atoms with E-state index in [0.29, 0.717) is 34.8 Å². The number of hydrogen-bond donors (Lipinski definition) is 1. The number of fused-ring (bicyclic) bond motifs is 1. The number of amides is 1. The molecule has 0 saturated heterocycles. The number of ether oxygens (including phenoxy) is 3. The van der Waals surface area contributed by atoms with Gasteiger partial charge < -0.3 is 23.9 Å². The van der Waals surface area contributed by atoms with Gasteiger partial charge in [-0.2, -0.15) is 0 Å². The van der Waals surface area contributed by atoms with Gasteiger partial charge in [0.05, 0.1) is 5.56 Å². The molecule has 0 unspecified atom stereocenters. The molecular weight excluding hydrogens is 378 g/mol. The number of hydrogen-bond acceptors (Lipinski definition) is 7. The molecule has 2 aromatic carbocycles. The second-order valence-electron chi connectivity index (χ2n) is 6.09. The van der Waals surface area contributed by atoms with E-state index in [1.165, 1.54) is 0 Å². The fraction of sp³-hybridized carbons (Fsp3) is 0.0952. The molecule has 0 spiro atoms. The molecular formula is C21H15NO7. The lowest BCUT2D eigenvalue weighted by atomic mass is 10.1. The molecule has 0 aliphatic carbocycles. The molecule has 8 nitrogen and oxygen atoms in total. The SMILES string of the molecule is O=Cc1ccc(-c2ccc(C(=O)OCC(=O)Nc3ccc4c(c3)OCO4)cc2)o1. The van der Waals surface area contributed by atoms with Gasteiger partial charge in [-0.15, -0.1) is 0 Å². The number of carbonyl (C=O) groups is 3. The van der Waals surface area contributed by atoms with Crippen LogP contribution in [-0.2, 0) is 9.53 Å². The zero-order chi connectivity index (χ0) is 20.2. The molecule has 1 aliphatic heterocycles. The predicted molar refractivity (Wildman–Crippen MR) is 101 cm³/mol. The van der Waals surface area contributed by atoms with Crippen molar-refractivity contribution in [3.8, 4) is 22.8 Å². The molecule has 1 N–H and O–H groups in total. The van der Waals surface area contributed by atoms with Crippen molar-refractivity contribution in [1.29, 1.82) is 0 Å². The first-order valence-corrected chi connectivity index (χ1v) is 8.64. The van der Waals surface area contributed by atoms with Crippen LogP contribution in [0.2, 0.25) is 0 Å². The summed E-state index contributed by atoms with van der Waals surface area (Å²) < 4.78 is 20.8. The zero-order valence-electron chi connectivity index (χ0n) is 15.0. The van der Waals surface area contributed by atoms with Crippen LogP contribution in [0, 0.1) is 0 Å². The third-order valence-electron chi connectivity index (χ3n) is 4.14. The summed E-state index contributed by atoms with van der Waals surface area (Å²) in [4.78, 5) is 34.8. The van der Waals surface area contributed by atoms with Gasteiger partial charge in [-0.1, -0.05) is 12.1 Å². The van der Waals surface area contributed by atoms with E-state index in [-0.39, 0.29) is 18.1 Å². The number of aldehydes is 1. The average molecular weight is 393 g/mol. The number of nitrogens with one attached hydrogen (secondary N) is 1. The highest BCUT2D eigenvalue weighted by molar-refractivity contribution is 5.95. The van der Waals surface area contributed by atoms with Gasteiger partial charge in [-0.3, -0.25) is 9.59 Å². The van der Waals surface area contributed by atoms with Gasteiger partial charge in [0.2, 0.25) is 6.79 Å². The lowest BCUT2D eigenvalue weighted by Gasteiger charge is -2.07. The minimum Gasteiger partial charge on any atom is -0.454 e. The number of anilines is 1. The highest BCUT2D eigenvalue weighted by atomic mass is 16.7. The summed E-state index contributed by atoms with van der Waals surface area (Å²) in [5.74, 6) is 0.759. The van der Waals surface area contributed by atoms with E-state index in [0.717, 1.165) is 0 Å². The van der Waals surface area contributed by atoms with Crippen molar-refractivity contribution in [3.63, 3.8) is 0 Å². The monoisotopic (exact) mass is 393 g/mol. The van der Waals surface area contributed by atoms with Crippen LogP contribution in [-0.4, -0.2) is 31.6 Å². The minimum atomic E-state index is -0.634. The normalized spacial score (nSPS) is 11.7. The van der Waals surface area contributed by atoms with Crippen molar-refractivity contribution < 1.29 is 33.0 Å². The Morgan fingerprint density at radius 2 is 1.79 bits per heavy atom. The van der Waals surface area contributed by atoms with Crippen molar-refractivity contribution in [1.82, 2.24) is 0 Å². The van der Waals surface area contributed by atoms with Crippen LogP contribution in [0.15, 0.2) is 59.0 Å². The van der Waals surface area contributed by atoms with Crippen LogP contribution in [0.5, 0.6) is 11.5 Å². The Kier molecular flexibility index (Phi) is 4.98. The fourth-order valence-corrected chi connectivity index (χ4v) is 2.73. The van der Waals surface area contributed by atoms with Crippen LogP contribution in [0.4, 0.5) is 5.69 Å². The smallest absolute Gasteiger partial charge is 0.338 e. The van der Waals surface area contributed by atoms with E-state index < -0.39 is 18.5 Å². The summed E-state index contributed by atoms with van der Waals surface area (Å²) in [7, 11) is 0. The van der Waals surface area contributed by atoms with Gasteiger partial charge in [0.1, 0.15) is 5.76 Å². The number of esters is 1. The molecule has 29 heavy (non-hydrogen) atoms. The van der Waals surface area contributed by atoms with E-state index in [1.807, 2.05) is 0 Å². The van der Waals surface area contributed by atoms with Gasteiger partial charge in [0.25, 0.3) is 5.91 Å². The van der Waals surface area contributed by atoms with Crippen LogP contribution in [0.1, 0.15) is 20.9 Å². The van der Waals surface area contributed by atoms with Gasteiger partial charge >= 0.3 is 5.97 Å². The number of benzene rings is 2. The third-order valence-corrected chi connectivity index (χ3v) is 4.14. The average Bonchev–Trinajstić information content (AvgIpc) is 3.41. The number of furan rings is 1. The molecule has 0 atom stereocenters. The van der Waals surface area contributed by atoms with Crippen LogP contribution in [0.25, 0.3) is 11.3 Å². The molecule has 8 heteroatoms. The topological polar surface area (TPSA) is 104 Å². The Hall–Kier alpha value is -4.07. The number of carbonyl (C=O) groups excluding carboxylic acids is 3. The molecule has 4 rings (SSSR count). The lowest BCUT2D eigenvalue weighted by Crippen LogP contribution is -2.20. The highest BCUT2D eigenvalue weighted by Crippen LogP contribution is 2.34. The number of rotatable bonds is 6. The Morgan fingerprint density at radius 3 is 2.55 bits per heavy atom. The summed E-state index contributed by atoms with van der Waals surface area (Å²) in [6.45, 7) is -0.294. The predicted octanol–water partition coefficient (Wildman–Crippen LogP) is 3.28. The Balaban J connectivity index is 1.32. The summed E-state index contributed by atoms with van der Waals surface area (Å²) in [5, 5.41) is 2.62. The zero-order valence-corrected chi connectivity index (χ0v) is 15.0. The van der Waals surface area contributed by atoms with Gasteiger partial charge in [-0.25, -0.2) is 4.79 Å². The van der Waals surface area contributed by atoms with Crippen molar-refractivity contribution >= 4 is 23.9 Å². The first-order valence-electron chi connectivity index (χ1n) is 8.64. The molecule has 1 amide bonds. The van der Waals surface area contributed by atoms with E-state index in [2.05, 4.69) is 5.32 Å². The van der Waals surface area contributed by atoms with E-state index >= 15 is 0 Å². The van der Waals surface area contributed by atoms with E-state index in [1.54, 1.807) is 54.6 Å². The second kappa shape index (κ2) is 7.89. The van der Waals surface area contributed by atoms with E-state index in [9.17, 15) is 14.4 Å². The Labute approximate surface area is 165 Å². The van der Waals surface area contributed by atoms with Crippen LogP contribution >= 0.6 is 0 Å². The molecule has 0 fully saturated rings. The summed E-state index contributed by atoms with van der Waals surface area (Å²) >= 11 is 0. The minimum absolute atomic E-state index is 0.140. The quantitative estimate of drug-likeness (QED) is 0.506. The highest BCUT2D eigenvalue weighted by Gasteiger charge is 2.15. The molecule has 0 saturated carbocycles. The molecule has 1 aliphatic rings. The largest absolute Gasteiger partial charge is 0.454 e. The lowest BCUT2D eigenvalue weighted by molar-refractivity contribution is -0.119. The summed E-state index contributed by atoms with van der Waals surface area (Å²) in [6, 6.07) is 14.6. The van der Waals surface area contributed by atoms with Gasteiger partial charge in [0, 0.05) is 17.3 Å². The van der Waals surface area contributed by atoms with Crippen LogP contribution < -0.4 is 14.8 Å². The summed E-state index contributed by atoms with van der Waals surface area (Å²) in [6.07, 6.45) is 0.615.